The normalized spacial score (nSPS) is 25.0. The molecule has 1 saturated heterocycles. The zero-order valence-corrected chi connectivity index (χ0v) is 14.0. The van der Waals surface area contributed by atoms with Crippen LogP contribution in [0, 0.1) is 25.6 Å². The molecule has 118 valence electrons. The van der Waals surface area contributed by atoms with Crippen LogP contribution in [-0.2, 0) is 6.54 Å². The van der Waals surface area contributed by atoms with Crippen molar-refractivity contribution in [3.63, 3.8) is 0 Å². The van der Waals surface area contributed by atoms with Crippen LogP contribution in [0.3, 0.4) is 0 Å². The lowest BCUT2D eigenvalue weighted by molar-refractivity contribution is 0.112. The number of benzene rings is 1. The summed E-state index contributed by atoms with van der Waals surface area (Å²) < 4.78 is 13.8. The highest BCUT2D eigenvalue weighted by molar-refractivity contribution is 5.30. The van der Waals surface area contributed by atoms with Crippen LogP contribution >= 0.6 is 0 Å². The lowest BCUT2D eigenvalue weighted by atomic mass is 9.95. The molecule has 0 radical (unpaired) electrons. The first-order valence-electron chi connectivity index (χ1n) is 8.15. The first kappa shape index (κ1) is 16.4. The molecule has 2 nitrogen and oxygen atoms in total. The minimum atomic E-state index is -0.0652. The lowest BCUT2D eigenvalue weighted by Gasteiger charge is -2.41. The molecule has 1 aromatic carbocycles. The van der Waals surface area contributed by atoms with E-state index >= 15 is 0 Å². The molecule has 0 aromatic heterocycles. The summed E-state index contributed by atoms with van der Waals surface area (Å²) in [5, 5.41) is 3.67. The smallest absolute Gasteiger partial charge is 0.129 e. The van der Waals surface area contributed by atoms with Crippen LogP contribution in [-0.4, -0.2) is 30.1 Å². The van der Waals surface area contributed by atoms with Crippen LogP contribution in [0.1, 0.15) is 43.9 Å². The van der Waals surface area contributed by atoms with Gasteiger partial charge >= 0.3 is 0 Å². The van der Waals surface area contributed by atoms with Gasteiger partial charge in [0, 0.05) is 31.7 Å². The number of hydrogen-bond donors (Lipinski definition) is 1. The van der Waals surface area contributed by atoms with Gasteiger partial charge in [-0.15, -0.1) is 0 Å². The van der Waals surface area contributed by atoms with E-state index in [0.717, 1.165) is 30.8 Å². The molecule has 1 heterocycles. The van der Waals surface area contributed by atoms with Crippen molar-refractivity contribution in [1.29, 1.82) is 0 Å². The first-order valence-corrected chi connectivity index (χ1v) is 8.15. The van der Waals surface area contributed by atoms with E-state index in [0.29, 0.717) is 18.0 Å². The van der Waals surface area contributed by atoms with Gasteiger partial charge in [-0.3, -0.25) is 4.90 Å². The molecule has 21 heavy (non-hydrogen) atoms. The SMILES string of the molecule is CCC(C)C1CN(Cc2cc(C)c(F)c(C)c2)C(C)CN1. The maximum atomic E-state index is 13.8. The second-order valence-corrected chi connectivity index (χ2v) is 6.72. The minimum absolute atomic E-state index is 0.0652. The Hall–Kier alpha value is -0.930. The number of rotatable bonds is 4. The van der Waals surface area contributed by atoms with Crippen molar-refractivity contribution in [3.8, 4) is 0 Å². The van der Waals surface area contributed by atoms with Crippen molar-refractivity contribution >= 4 is 0 Å². The fourth-order valence-corrected chi connectivity index (χ4v) is 3.20. The van der Waals surface area contributed by atoms with Gasteiger partial charge in [0.25, 0.3) is 0 Å². The Morgan fingerprint density at radius 3 is 2.52 bits per heavy atom. The molecule has 3 heteroatoms. The zero-order chi connectivity index (χ0) is 15.6. The first-order chi connectivity index (χ1) is 9.92. The Bertz CT molecular complexity index is 463. The molecule has 0 saturated carbocycles. The quantitative estimate of drug-likeness (QED) is 0.911. The number of halogens is 1. The summed E-state index contributed by atoms with van der Waals surface area (Å²) in [6.45, 7) is 13.6. The molecule has 0 bridgehead atoms. The fourth-order valence-electron chi connectivity index (χ4n) is 3.20. The van der Waals surface area contributed by atoms with Gasteiger partial charge in [0.2, 0.25) is 0 Å². The van der Waals surface area contributed by atoms with E-state index in [2.05, 4.69) is 31.0 Å². The summed E-state index contributed by atoms with van der Waals surface area (Å²) >= 11 is 0. The molecular weight excluding hydrogens is 263 g/mol. The number of piperazine rings is 1. The van der Waals surface area contributed by atoms with Crippen molar-refractivity contribution in [1.82, 2.24) is 10.2 Å². The van der Waals surface area contributed by atoms with E-state index in [1.54, 1.807) is 0 Å². The van der Waals surface area contributed by atoms with E-state index < -0.39 is 0 Å². The Labute approximate surface area is 128 Å². The van der Waals surface area contributed by atoms with E-state index in [1.165, 1.54) is 12.0 Å². The average Bonchev–Trinajstić information content (AvgIpc) is 2.46. The summed E-state index contributed by atoms with van der Waals surface area (Å²) in [4.78, 5) is 2.53. The molecule has 0 aliphatic carbocycles. The standard InChI is InChI=1S/C18H29FN2/c1-6-12(2)17-11-21(15(5)9-20-17)10-16-7-13(3)18(19)14(4)8-16/h7-8,12,15,17,20H,6,9-11H2,1-5H3. The predicted molar refractivity (Wildman–Crippen MR) is 87.0 cm³/mol. The second kappa shape index (κ2) is 6.89. The third kappa shape index (κ3) is 3.83. The van der Waals surface area contributed by atoms with Gasteiger partial charge in [0.15, 0.2) is 0 Å². The minimum Gasteiger partial charge on any atom is -0.311 e. The Kier molecular flexibility index (Phi) is 5.39. The van der Waals surface area contributed by atoms with Crippen molar-refractivity contribution in [3.05, 3.63) is 34.6 Å². The van der Waals surface area contributed by atoms with Gasteiger partial charge in [0.05, 0.1) is 0 Å². The molecule has 1 aromatic rings. The van der Waals surface area contributed by atoms with Gasteiger partial charge in [-0.05, 0) is 43.4 Å². The van der Waals surface area contributed by atoms with Crippen LogP contribution < -0.4 is 5.32 Å². The largest absolute Gasteiger partial charge is 0.311 e. The predicted octanol–water partition coefficient (Wildman–Crippen LogP) is 3.65. The van der Waals surface area contributed by atoms with E-state index in [-0.39, 0.29) is 5.82 Å². The monoisotopic (exact) mass is 292 g/mol. The van der Waals surface area contributed by atoms with Gasteiger partial charge < -0.3 is 5.32 Å². The van der Waals surface area contributed by atoms with Crippen LogP contribution in [0.2, 0.25) is 0 Å². The molecule has 0 amide bonds. The summed E-state index contributed by atoms with van der Waals surface area (Å²) in [7, 11) is 0. The van der Waals surface area contributed by atoms with Crippen molar-refractivity contribution in [2.45, 2.75) is 59.7 Å². The van der Waals surface area contributed by atoms with Crippen molar-refractivity contribution in [2.75, 3.05) is 13.1 Å². The number of aryl methyl sites for hydroxylation is 2. The Morgan fingerprint density at radius 1 is 1.33 bits per heavy atom. The maximum absolute atomic E-state index is 13.8. The summed E-state index contributed by atoms with van der Waals surface area (Å²) in [6.07, 6.45) is 1.20. The van der Waals surface area contributed by atoms with Crippen LogP contribution in [0.25, 0.3) is 0 Å². The van der Waals surface area contributed by atoms with Gasteiger partial charge in [0.1, 0.15) is 5.82 Å². The van der Waals surface area contributed by atoms with E-state index in [1.807, 2.05) is 26.0 Å². The molecule has 1 aliphatic rings. The highest BCUT2D eigenvalue weighted by Crippen LogP contribution is 2.20. The number of nitrogens with one attached hydrogen (secondary N) is 1. The topological polar surface area (TPSA) is 15.3 Å². The van der Waals surface area contributed by atoms with Crippen LogP contribution in [0.15, 0.2) is 12.1 Å². The molecule has 3 atom stereocenters. The third-order valence-electron chi connectivity index (χ3n) is 4.94. The molecule has 1 N–H and O–H groups in total. The van der Waals surface area contributed by atoms with Gasteiger partial charge in [-0.1, -0.05) is 32.4 Å². The summed E-state index contributed by atoms with van der Waals surface area (Å²) in [5.41, 5.74) is 2.74. The maximum Gasteiger partial charge on any atom is 0.129 e. The van der Waals surface area contributed by atoms with Crippen LogP contribution in [0.4, 0.5) is 4.39 Å². The summed E-state index contributed by atoms with van der Waals surface area (Å²) in [5.74, 6) is 0.626. The number of hydrogen-bond acceptors (Lipinski definition) is 2. The average molecular weight is 292 g/mol. The second-order valence-electron chi connectivity index (χ2n) is 6.72. The van der Waals surface area contributed by atoms with Crippen molar-refractivity contribution in [2.24, 2.45) is 5.92 Å². The molecule has 1 fully saturated rings. The van der Waals surface area contributed by atoms with Crippen molar-refractivity contribution < 1.29 is 4.39 Å². The van der Waals surface area contributed by atoms with E-state index in [4.69, 9.17) is 0 Å². The molecular formula is C18H29FN2. The molecule has 1 aliphatic heterocycles. The Balaban J connectivity index is 2.10. The summed E-state index contributed by atoms with van der Waals surface area (Å²) in [6, 6.07) is 5.08. The molecule has 2 rings (SSSR count). The molecule has 3 unspecified atom stereocenters. The Morgan fingerprint density at radius 2 is 1.95 bits per heavy atom. The van der Waals surface area contributed by atoms with Gasteiger partial charge in [-0.2, -0.15) is 0 Å². The van der Waals surface area contributed by atoms with Crippen LogP contribution in [0.5, 0.6) is 0 Å². The fraction of sp³-hybridized carbons (Fsp3) is 0.667. The highest BCUT2D eigenvalue weighted by Gasteiger charge is 2.27. The number of nitrogens with zero attached hydrogens (tertiary/aromatic N) is 1. The molecule has 0 spiro atoms. The van der Waals surface area contributed by atoms with E-state index in [9.17, 15) is 4.39 Å². The zero-order valence-electron chi connectivity index (χ0n) is 14.0. The van der Waals surface area contributed by atoms with Gasteiger partial charge in [-0.25, -0.2) is 4.39 Å². The third-order valence-corrected chi connectivity index (χ3v) is 4.94. The highest BCUT2D eigenvalue weighted by atomic mass is 19.1. The lowest BCUT2D eigenvalue weighted by Crippen LogP contribution is -2.56.